The number of carbonyl (C=O) groups is 1. The van der Waals surface area contributed by atoms with Crippen molar-refractivity contribution in [3.05, 3.63) is 71.7 Å². The molecule has 3 rings (SSSR count). The minimum absolute atomic E-state index is 0.0271. The van der Waals surface area contributed by atoms with Crippen LogP contribution in [0.1, 0.15) is 17.7 Å². The zero-order chi connectivity index (χ0) is 16.9. The van der Waals surface area contributed by atoms with E-state index in [1.54, 1.807) is 6.07 Å². The summed E-state index contributed by atoms with van der Waals surface area (Å²) in [4.78, 5) is 15.0. The fourth-order valence-corrected chi connectivity index (χ4v) is 2.41. The van der Waals surface area contributed by atoms with Gasteiger partial charge in [0.1, 0.15) is 6.61 Å². The van der Waals surface area contributed by atoms with Crippen LogP contribution in [0.3, 0.4) is 0 Å². The maximum absolute atomic E-state index is 14.0. The second-order valence-electron chi connectivity index (χ2n) is 5.44. The zero-order valence-corrected chi connectivity index (χ0v) is 12.9. The molecule has 5 heteroatoms. The van der Waals surface area contributed by atoms with E-state index in [1.165, 1.54) is 12.1 Å². The van der Waals surface area contributed by atoms with Crippen molar-refractivity contribution < 1.29 is 19.0 Å². The molecule has 24 heavy (non-hydrogen) atoms. The van der Waals surface area contributed by atoms with Crippen molar-refractivity contribution in [2.45, 2.75) is 19.4 Å². The van der Waals surface area contributed by atoms with Gasteiger partial charge < -0.3 is 9.84 Å². The summed E-state index contributed by atoms with van der Waals surface area (Å²) in [5.41, 5.74) is 2.21. The molecule has 0 aliphatic heterocycles. The highest BCUT2D eigenvalue weighted by Crippen LogP contribution is 2.21. The number of aryl methyl sites for hydroxylation is 1. The molecule has 0 saturated carbocycles. The number of halogens is 1. The van der Waals surface area contributed by atoms with Gasteiger partial charge in [-0.05, 0) is 36.2 Å². The molecule has 0 aliphatic rings. The van der Waals surface area contributed by atoms with Crippen molar-refractivity contribution in [1.29, 1.82) is 0 Å². The van der Waals surface area contributed by atoms with Crippen molar-refractivity contribution in [3.63, 3.8) is 0 Å². The predicted octanol–water partition coefficient (Wildman–Crippen LogP) is 3.97. The monoisotopic (exact) mass is 325 g/mol. The number of ether oxygens (including phenoxy) is 1. The van der Waals surface area contributed by atoms with Crippen LogP contribution in [0.25, 0.3) is 10.9 Å². The van der Waals surface area contributed by atoms with Crippen LogP contribution in [0.15, 0.2) is 54.6 Å². The van der Waals surface area contributed by atoms with Gasteiger partial charge >= 0.3 is 5.97 Å². The molecule has 122 valence electrons. The summed E-state index contributed by atoms with van der Waals surface area (Å²) in [6.07, 6.45) is 0.263. The molecule has 0 fully saturated rings. The average molecular weight is 325 g/mol. The number of pyridine rings is 1. The number of carboxylic acid groups (broad SMARTS) is 1. The maximum Gasteiger partial charge on any atom is 0.303 e. The Labute approximate surface area is 138 Å². The number of nitrogens with zero attached hydrogens (tertiary/aromatic N) is 1. The lowest BCUT2D eigenvalue weighted by Crippen LogP contribution is -2.01. The number of carboxylic acids is 1. The SMILES string of the molecule is O=C(O)CCc1ccc(OCc2ccc3ccccc3n2)c(F)c1. The first-order valence-corrected chi connectivity index (χ1v) is 7.59. The third kappa shape index (κ3) is 3.87. The Morgan fingerprint density at radius 3 is 2.75 bits per heavy atom. The van der Waals surface area contributed by atoms with E-state index in [4.69, 9.17) is 9.84 Å². The summed E-state index contributed by atoms with van der Waals surface area (Å²) in [5.74, 6) is -1.28. The number of benzene rings is 2. The van der Waals surface area contributed by atoms with E-state index in [0.717, 1.165) is 10.9 Å². The molecule has 0 bridgehead atoms. The Bertz CT molecular complexity index is 879. The molecule has 4 nitrogen and oxygen atoms in total. The van der Waals surface area contributed by atoms with Gasteiger partial charge in [-0.1, -0.05) is 30.3 Å². The van der Waals surface area contributed by atoms with Crippen LogP contribution in [-0.2, 0) is 17.8 Å². The number of hydrogen-bond acceptors (Lipinski definition) is 3. The second kappa shape index (κ2) is 7.08. The topological polar surface area (TPSA) is 59.4 Å². The van der Waals surface area contributed by atoms with Crippen LogP contribution in [0.2, 0.25) is 0 Å². The van der Waals surface area contributed by atoms with Crippen LogP contribution in [0.5, 0.6) is 5.75 Å². The third-order valence-corrected chi connectivity index (χ3v) is 3.66. The Morgan fingerprint density at radius 2 is 1.96 bits per heavy atom. The molecule has 0 spiro atoms. The molecule has 0 aliphatic carbocycles. The number of hydrogen-bond donors (Lipinski definition) is 1. The van der Waals surface area contributed by atoms with Gasteiger partial charge in [0.25, 0.3) is 0 Å². The summed E-state index contributed by atoms with van der Waals surface area (Å²) in [7, 11) is 0. The highest BCUT2D eigenvalue weighted by molar-refractivity contribution is 5.78. The Kier molecular flexibility index (Phi) is 4.70. The van der Waals surface area contributed by atoms with E-state index >= 15 is 0 Å². The maximum atomic E-state index is 14.0. The summed E-state index contributed by atoms with van der Waals surface area (Å²) in [6.45, 7) is 0.163. The highest BCUT2D eigenvalue weighted by Gasteiger charge is 2.07. The van der Waals surface area contributed by atoms with E-state index in [2.05, 4.69) is 4.98 Å². The van der Waals surface area contributed by atoms with Crippen LogP contribution in [0.4, 0.5) is 4.39 Å². The largest absolute Gasteiger partial charge is 0.484 e. The number of fused-ring (bicyclic) bond motifs is 1. The molecule has 2 aromatic carbocycles. The number of rotatable bonds is 6. The fourth-order valence-electron chi connectivity index (χ4n) is 2.41. The minimum Gasteiger partial charge on any atom is -0.484 e. The lowest BCUT2D eigenvalue weighted by atomic mass is 10.1. The number of para-hydroxylation sites is 1. The molecule has 3 aromatic rings. The first-order chi connectivity index (χ1) is 11.6. The van der Waals surface area contributed by atoms with E-state index in [9.17, 15) is 9.18 Å². The third-order valence-electron chi connectivity index (χ3n) is 3.66. The van der Waals surface area contributed by atoms with Crippen molar-refractivity contribution in [1.82, 2.24) is 4.98 Å². The Morgan fingerprint density at radius 1 is 1.12 bits per heavy atom. The molecule has 1 N–H and O–H groups in total. The summed E-state index contributed by atoms with van der Waals surface area (Å²) in [5, 5.41) is 9.70. The molecule has 0 radical (unpaired) electrons. The van der Waals surface area contributed by atoms with E-state index < -0.39 is 11.8 Å². The quantitative estimate of drug-likeness (QED) is 0.745. The molecule has 1 aromatic heterocycles. The van der Waals surface area contributed by atoms with E-state index in [1.807, 2.05) is 36.4 Å². The smallest absolute Gasteiger partial charge is 0.303 e. The Balaban J connectivity index is 1.67. The van der Waals surface area contributed by atoms with Crippen LogP contribution < -0.4 is 4.74 Å². The normalized spacial score (nSPS) is 10.7. The molecular weight excluding hydrogens is 309 g/mol. The van der Waals surface area contributed by atoms with Gasteiger partial charge in [-0.2, -0.15) is 0 Å². The van der Waals surface area contributed by atoms with Crippen LogP contribution in [-0.4, -0.2) is 16.1 Å². The van der Waals surface area contributed by atoms with Crippen molar-refractivity contribution in [2.24, 2.45) is 0 Å². The minimum atomic E-state index is -0.905. The van der Waals surface area contributed by atoms with Crippen molar-refractivity contribution in [2.75, 3.05) is 0 Å². The van der Waals surface area contributed by atoms with Gasteiger partial charge in [-0.15, -0.1) is 0 Å². The zero-order valence-electron chi connectivity index (χ0n) is 12.9. The molecule has 0 atom stereocenters. The predicted molar refractivity (Wildman–Crippen MR) is 88.4 cm³/mol. The van der Waals surface area contributed by atoms with Crippen LogP contribution in [0, 0.1) is 5.82 Å². The first-order valence-electron chi connectivity index (χ1n) is 7.59. The van der Waals surface area contributed by atoms with Gasteiger partial charge in [-0.25, -0.2) is 9.37 Å². The lowest BCUT2D eigenvalue weighted by molar-refractivity contribution is -0.136. The second-order valence-corrected chi connectivity index (χ2v) is 5.44. The van der Waals surface area contributed by atoms with Crippen molar-refractivity contribution >= 4 is 16.9 Å². The van der Waals surface area contributed by atoms with Gasteiger partial charge in [-0.3, -0.25) is 4.79 Å². The standard InChI is InChI=1S/C19H16FNO3/c20-16-11-13(6-10-19(22)23)5-9-18(16)24-12-15-8-7-14-3-1-2-4-17(14)21-15/h1-5,7-9,11H,6,10,12H2,(H,22,23). The molecule has 0 unspecified atom stereocenters. The first kappa shape index (κ1) is 15.9. The van der Waals surface area contributed by atoms with E-state index in [0.29, 0.717) is 17.7 Å². The number of aliphatic carboxylic acids is 1. The summed E-state index contributed by atoms with van der Waals surface area (Å²) >= 11 is 0. The molecule has 1 heterocycles. The van der Waals surface area contributed by atoms with Gasteiger partial charge in [0.05, 0.1) is 11.2 Å². The number of aromatic nitrogens is 1. The molecule has 0 saturated heterocycles. The van der Waals surface area contributed by atoms with Crippen LogP contribution >= 0.6 is 0 Å². The van der Waals surface area contributed by atoms with E-state index in [-0.39, 0.29) is 18.8 Å². The molecule has 0 amide bonds. The van der Waals surface area contributed by atoms with Crippen molar-refractivity contribution in [3.8, 4) is 5.75 Å². The summed E-state index contributed by atoms with van der Waals surface area (Å²) < 4.78 is 19.5. The average Bonchev–Trinajstić information content (AvgIpc) is 2.59. The summed E-state index contributed by atoms with van der Waals surface area (Å²) in [6, 6.07) is 16.1. The molecular formula is C19H16FNO3. The van der Waals surface area contributed by atoms with Gasteiger partial charge in [0, 0.05) is 11.8 Å². The fraction of sp³-hybridized carbons (Fsp3) is 0.158. The van der Waals surface area contributed by atoms with Gasteiger partial charge in [0.2, 0.25) is 0 Å². The highest BCUT2D eigenvalue weighted by atomic mass is 19.1. The lowest BCUT2D eigenvalue weighted by Gasteiger charge is -2.09. The van der Waals surface area contributed by atoms with Gasteiger partial charge in [0.15, 0.2) is 11.6 Å². The Hall–Kier alpha value is -2.95.